The predicted octanol–water partition coefficient (Wildman–Crippen LogP) is 3.41. The number of rotatable bonds is 4. The Morgan fingerprint density at radius 1 is 1.12 bits per heavy atom. The highest BCUT2D eigenvalue weighted by Gasteiger charge is 2.40. The van der Waals surface area contributed by atoms with Gasteiger partial charge in [-0.15, -0.1) is 11.8 Å². The van der Waals surface area contributed by atoms with Crippen LogP contribution in [-0.4, -0.2) is 28.1 Å². The molecule has 5 nitrogen and oxygen atoms in total. The zero-order valence-corrected chi connectivity index (χ0v) is 15.3. The number of carbonyl (C=O) groups is 3. The lowest BCUT2D eigenvalue weighted by Gasteiger charge is -2.15. The lowest BCUT2D eigenvalue weighted by atomic mass is 10.2. The van der Waals surface area contributed by atoms with Crippen LogP contribution in [0.2, 0.25) is 0 Å². The number of hydrogen-bond donors (Lipinski definition) is 1. The van der Waals surface area contributed by atoms with Gasteiger partial charge >= 0.3 is 5.97 Å². The molecule has 0 saturated carbocycles. The third-order valence-electron chi connectivity index (χ3n) is 3.58. The molecule has 2 amide bonds. The third-order valence-corrected chi connectivity index (χ3v) is 5.56. The molecule has 1 N–H and O–H groups in total. The monoisotopic (exact) mass is 453 g/mol. The lowest BCUT2D eigenvalue weighted by Crippen LogP contribution is -2.31. The van der Waals surface area contributed by atoms with Crippen LogP contribution in [0.15, 0.2) is 53.4 Å². The van der Waals surface area contributed by atoms with E-state index in [-0.39, 0.29) is 23.8 Å². The summed E-state index contributed by atoms with van der Waals surface area (Å²) in [6.07, 6.45) is 0.0590. The summed E-state index contributed by atoms with van der Waals surface area (Å²) in [4.78, 5) is 37.8. The quantitative estimate of drug-likeness (QED) is 0.568. The Labute approximate surface area is 156 Å². The molecule has 1 fully saturated rings. The van der Waals surface area contributed by atoms with E-state index in [0.29, 0.717) is 10.6 Å². The number of amides is 2. The van der Waals surface area contributed by atoms with Gasteiger partial charge in [-0.2, -0.15) is 0 Å². The number of carboxylic acid groups (broad SMARTS) is 1. The fraction of sp³-hybridized carbons (Fsp3) is 0.118. The highest BCUT2D eigenvalue weighted by molar-refractivity contribution is 14.1. The minimum atomic E-state index is -1.05. The van der Waals surface area contributed by atoms with Crippen LogP contribution in [0.3, 0.4) is 0 Å². The molecule has 0 aromatic heterocycles. The van der Waals surface area contributed by atoms with E-state index in [4.69, 9.17) is 0 Å². The summed E-state index contributed by atoms with van der Waals surface area (Å²) in [6, 6.07) is 13.6. The molecular weight excluding hydrogens is 441 g/mol. The number of anilines is 1. The number of hydrogen-bond acceptors (Lipinski definition) is 4. The number of nitrogens with zero attached hydrogens (tertiary/aromatic N) is 1. The van der Waals surface area contributed by atoms with E-state index in [0.717, 1.165) is 15.3 Å². The first-order valence-electron chi connectivity index (χ1n) is 7.08. The highest BCUT2D eigenvalue weighted by Crippen LogP contribution is 2.35. The van der Waals surface area contributed by atoms with Crippen LogP contribution < -0.4 is 4.90 Å². The average Bonchev–Trinajstić information content (AvgIpc) is 2.83. The molecule has 0 radical (unpaired) electrons. The van der Waals surface area contributed by atoms with Crippen molar-refractivity contribution >= 4 is 57.8 Å². The van der Waals surface area contributed by atoms with Crippen molar-refractivity contribution in [3.8, 4) is 0 Å². The van der Waals surface area contributed by atoms with E-state index < -0.39 is 11.2 Å². The van der Waals surface area contributed by atoms with Crippen molar-refractivity contribution in [2.45, 2.75) is 16.6 Å². The molecule has 0 unspecified atom stereocenters. The molecule has 24 heavy (non-hydrogen) atoms. The SMILES string of the molecule is O=C(O)c1ccccc1S[C@@H]1CC(=O)N(c2ccc(I)cc2)C1=O. The fourth-order valence-electron chi connectivity index (χ4n) is 2.46. The van der Waals surface area contributed by atoms with Gasteiger partial charge in [-0.05, 0) is 59.0 Å². The zero-order valence-electron chi connectivity index (χ0n) is 12.3. The summed E-state index contributed by atoms with van der Waals surface area (Å²) in [6.45, 7) is 0. The van der Waals surface area contributed by atoms with Crippen molar-refractivity contribution in [2.24, 2.45) is 0 Å². The Morgan fingerprint density at radius 2 is 1.79 bits per heavy atom. The smallest absolute Gasteiger partial charge is 0.336 e. The molecule has 0 spiro atoms. The van der Waals surface area contributed by atoms with Gasteiger partial charge in [-0.1, -0.05) is 12.1 Å². The molecule has 1 atom stereocenters. The van der Waals surface area contributed by atoms with Crippen molar-refractivity contribution < 1.29 is 19.5 Å². The van der Waals surface area contributed by atoms with Crippen LogP contribution in [0.4, 0.5) is 5.69 Å². The maximum Gasteiger partial charge on any atom is 0.336 e. The maximum absolute atomic E-state index is 12.6. The van der Waals surface area contributed by atoms with Gasteiger partial charge in [0.2, 0.25) is 11.8 Å². The summed E-state index contributed by atoms with van der Waals surface area (Å²) in [5, 5.41) is 8.62. The molecule has 3 rings (SSSR count). The van der Waals surface area contributed by atoms with E-state index in [1.807, 2.05) is 12.1 Å². The summed E-state index contributed by atoms with van der Waals surface area (Å²) in [7, 11) is 0. The molecule has 122 valence electrons. The van der Waals surface area contributed by atoms with Gasteiger partial charge in [-0.3, -0.25) is 9.59 Å². The highest BCUT2D eigenvalue weighted by atomic mass is 127. The zero-order chi connectivity index (χ0) is 17.3. The Balaban J connectivity index is 1.85. The van der Waals surface area contributed by atoms with Gasteiger partial charge in [0.15, 0.2) is 0 Å². The fourth-order valence-corrected chi connectivity index (χ4v) is 3.99. The Bertz CT molecular complexity index is 822. The second-order valence-corrected chi connectivity index (χ2v) is 7.65. The normalized spacial score (nSPS) is 17.4. The number of benzene rings is 2. The summed E-state index contributed by atoms with van der Waals surface area (Å²) in [5.74, 6) is -1.64. The van der Waals surface area contributed by atoms with E-state index in [2.05, 4.69) is 22.6 Å². The van der Waals surface area contributed by atoms with Crippen LogP contribution in [0.5, 0.6) is 0 Å². The Morgan fingerprint density at radius 3 is 2.46 bits per heavy atom. The van der Waals surface area contributed by atoms with Crippen LogP contribution in [0.1, 0.15) is 16.8 Å². The van der Waals surface area contributed by atoms with Gasteiger partial charge in [0, 0.05) is 14.9 Å². The molecule has 2 aromatic rings. The predicted molar refractivity (Wildman–Crippen MR) is 99.3 cm³/mol. The van der Waals surface area contributed by atoms with Crippen LogP contribution in [-0.2, 0) is 9.59 Å². The molecule has 1 heterocycles. The molecule has 1 aliphatic rings. The Kier molecular flexibility index (Phi) is 4.91. The summed E-state index contributed by atoms with van der Waals surface area (Å²) in [5.41, 5.74) is 0.676. The molecule has 1 aliphatic heterocycles. The molecule has 2 aromatic carbocycles. The molecular formula is C17H12INO4S. The average molecular weight is 453 g/mol. The van der Waals surface area contributed by atoms with Crippen molar-refractivity contribution in [3.63, 3.8) is 0 Å². The van der Waals surface area contributed by atoms with Crippen molar-refractivity contribution in [1.29, 1.82) is 0 Å². The maximum atomic E-state index is 12.6. The van der Waals surface area contributed by atoms with Gasteiger partial charge < -0.3 is 5.11 Å². The van der Waals surface area contributed by atoms with Crippen molar-refractivity contribution in [3.05, 3.63) is 57.7 Å². The number of imide groups is 1. The van der Waals surface area contributed by atoms with Crippen molar-refractivity contribution in [1.82, 2.24) is 0 Å². The van der Waals surface area contributed by atoms with E-state index >= 15 is 0 Å². The number of thioether (sulfide) groups is 1. The largest absolute Gasteiger partial charge is 0.478 e. The Hall–Kier alpha value is -1.87. The van der Waals surface area contributed by atoms with Crippen LogP contribution >= 0.6 is 34.4 Å². The minimum Gasteiger partial charge on any atom is -0.478 e. The second-order valence-electron chi connectivity index (χ2n) is 5.16. The van der Waals surface area contributed by atoms with Crippen LogP contribution in [0, 0.1) is 3.57 Å². The minimum absolute atomic E-state index is 0.0590. The number of aromatic carboxylic acids is 1. The molecule has 1 saturated heterocycles. The van der Waals surface area contributed by atoms with E-state index in [1.165, 1.54) is 11.0 Å². The molecule has 0 bridgehead atoms. The first kappa shape index (κ1) is 17.0. The number of carboxylic acids is 1. The standard InChI is InChI=1S/C17H12INO4S/c18-10-5-7-11(8-6-10)19-15(20)9-14(16(19)21)24-13-4-2-1-3-12(13)17(22)23/h1-8,14H,9H2,(H,22,23)/t14-/m1/s1. The summed E-state index contributed by atoms with van der Waals surface area (Å²) < 4.78 is 1.01. The van der Waals surface area contributed by atoms with Crippen LogP contribution in [0.25, 0.3) is 0 Å². The van der Waals surface area contributed by atoms with Gasteiger partial charge in [0.25, 0.3) is 0 Å². The lowest BCUT2D eigenvalue weighted by molar-refractivity contribution is -0.121. The first-order chi connectivity index (χ1) is 11.5. The third kappa shape index (κ3) is 3.32. The van der Waals surface area contributed by atoms with E-state index in [1.54, 1.807) is 30.3 Å². The van der Waals surface area contributed by atoms with E-state index in [9.17, 15) is 19.5 Å². The second kappa shape index (κ2) is 6.94. The topological polar surface area (TPSA) is 74.7 Å². The first-order valence-corrected chi connectivity index (χ1v) is 9.04. The van der Waals surface area contributed by atoms with Gasteiger partial charge in [0.1, 0.15) is 0 Å². The summed E-state index contributed by atoms with van der Waals surface area (Å²) >= 11 is 3.28. The van der Waals surface area contributed by atoms with Crippen molar-refractivity contribution in [2.75, 3.05) is 4.90 Å². The van der Waals surface area contributed by atoms with Gasteiger partial charge in [0.05, 0.1) is 16.5 Å². The molecule has 7 heteroatoms. The number of carbonyl (C=O) groups excluding carboxylic acids is 2. The van der Waals surface area contributed by atoms with Gasteiger partial charge in [-0.25, -0.2) is 9.69 Å². The number of halogens is 1. The molecule has 0 aliphatic carbocycles.